The van der Waals surface area contributed by atoms with Gasteiger partial charge in [0.15, 0.2) is 0 Å². The molecule has 0 unspecified atom stereocenters. The summed E-state index contributed by atoms with van der Waals surface area (Å²) in [6, 6.07) is 12.0. The van der Waals surface area contributed by atoms with Crippen molar-refractivity contribution >= 4 is 34.6 Å². The lowest BCUT2D eigenvalue weighted by Crippen LogP contribution is -2.48. The van der Waals surface area contributed by atoms with Gasteiger partial charge in [0.25, 0.3) is 11.6 Å². The molecule has 2 fully saturated rings. The second-order valence-corrected chi connectivity index (χ2v) is 8.15. The maximum absolute atomic E-state index is 13.0. The maximum atomic E-state index is 13.0. The largest absolute Gasteiger partial charge is 0.371 e. The van der Waals surface area contributed by atoms with E-state index in [-0.39, 0.29) is 17.5 Å². The number of hydrogen-bond donors (Lipinski definition) is 1. The van der Waals surface area contributed by atoms with Crippen molar-refractivity contribution in [3.8, 4) is 0 Å². The van der Waals surface area contributed by atoms with Crippen LogP contribution in [0.15, 0.2) is 42.5 Å². The number of carbonyl (C=O) groups excluding carboxylic acids is 2. The summed E-state index contributed by atoms with van der Waals surface area (Å²) in [5.74, 6) is -0.268. The van der Waals surface area contributed by atoms with Crippen molar-refractivity contribution in [2.45, 2.75) is 19.8 Å². The predicted molar refractivity (Wildman–Crippen MR) is 123 cm³/mol. The lowest BCUT2D eigenvalue weighted by Gasteiger charge is -2.35. The van der Waals surface area contributed by atoms with Gasteiger partial charge in [0, 0.05) is 69.7 Å². The molecule has 2 aromatic carbocycles. The number of carbonyl (C=O) groups is 2. The zero-order chi connectivity index (χ0) is 22.7. The minimum atomic E-state index is -0.481. The third-order valence-corrected chi connectivity index (χ3v) is 6.10. The van der Waals surface area contributed by atoms with Crippen LogP contribution in [-0.2, 0) is 4.79 Å². The van der Waals surface area contributed by atoms with Crippen LogP contribution in [0.4, 0.5) is 22.7 Å². The maximum Gasteiger partial charge on any atom is 0.270 e. The zero-order valence-electron chi connectivity index (χ0n) is 18.1. The SMILES string of the molecule is CC(=O)N1CCN(c2ccc(NC(=O)c3cc([N+](=O)[O-])ccc3N3CCCC3)cc2)CC1. The minimum Gasteiger partial charge on any atom is -0.371 e. The summed E-state index contributed by atoms with van der Waals surface area (Å²) in [6.45, 7) is 6.17. The average Bonchev–Trinajstić information content (AvgIpc) is 3.34. The molecule has 0 saturated carbocycles. The fourth-order valence-corrected chi connectivity index (χ4v) is 4.29. The molecule has 0 spiro atoms. The third-order valence-electron chi connectivity index (χ3n) is 6.10. The smallest absolute Gasteiger partial charge is 0.270 e. The second-order valence-electron chi connectivity index (χ2n) is 8.15. The number of amides is 2. The Labute approximate surface area is 186 Å². The predicted octanol–water partition coefficient (Wildman–Crippen LogP) is 3.12. The highest BCUT2D eigenvalue weighted by Crippen LogP contribution is 2.29. The second kappa shape index (κ2) is 9.25. The Bertz CT molecular complexity index is 1010. The molecule has 2 heterocycles. The van der Waals surface area contributed by atoms with Gasteiger partial charge in [0.2, 0.25) is 5.91 Å². The van der Waals surface area contributed by atoms with Gasteiger partial charge in [-0.05, 0) is 43.2 Å². The fraction of sp³-hybridized carbons (Fsp3) is 0.391. The van der Waals surface area contributed by atoms with E-state index in [0.29, 0.717) is 24.3 Å². The highest BCUT2D eigenvalue weighted by molar-refractivity contribution is 6.08. The van der Waals surface area contributed by atoms with E-state index in [0.717, 1.165) is 50.4 Å². The lowest BCUT2D eigenvalue weighted by molar-refractivity contribution is -0.384. The van der Waals surface area contributed by atoms with E-state index >= 15 is 0 Å². The molecule has 9 nitrogen and oxygen atoms in total. The normalized spacial score (nSPS) is 16.2. The Balaban J connectivity index is 1.47. The van der Waals surface area contributed by atoms with E-state index in [9.17, 15) is 19.7 Å². The fourth-order valence-electron chi connectivity index (χ4n) is 4.29. The summed E-state index contributed by atoms with van der Waals surface area (Å²) in [6.07, 6.45) is 2.08. The molecule has 168 valence electrons. The number of nitrogens with one attached hydrogen (secondary N) is 1. The topological polar surface area (TPSA) is 99.0 Å². The first-order valence-electron chi connectivity index (χ1n) is 10.9. The van der Waals surface area contributed by atoms with Gasteiger partial charge < -0.3 is 20.0 Å². The van der Waals surface area contributed by atoms with Crippen LogP contribution < -0.4 is 15.1 Å². The number of nitrogens with zero attached hydrogens (tertiary/aromatic N) is 4. The van der Waals surface area contributed by atoms with Crippen molar-refractivity contribution in [1.29, 1.82) is 0 Å². The van der Waals surface area contributed by atoms with Gasteiger partial charge in [-0.3, -0.25) is 19.7 Å². The van der Waals surface area contributed by atoms with Crippen LogP contribution in [0, 0.1) is 10.1 Å². The van der Waals surface area contributed by atoms with E-state index in [1.807, 2.05) is 29.2 Å². The summed E-state index contributed by atoms with van der Waals surface area (Å²) in [5.41, 5.74) is 2.59. The van der Waals surface area contributed by atoms with Gasteiger partial charge in [-0.25, -0.2) is 0 Å². The van der Waals surface area contributed by atoms with Crippen molar-refractivity contribution in [2.24, 2.45) is 0 Å². The summed E-state index contributed by atoms with van der Waals surface area (Å²) >= 11 is 0. The van der Waals surface area contributed by atoms with Crippen LogP contribution in [-0.4, -0.2) is 60.9 Å². The number of benzene rings is 2. The number of nitro benzene ring substituents is 1. The van der Waals surface area contributed by atoms with Crippen LogP contribution in [0.1, 0.15) is 30.1 Å². The molecule has 2 aromatic rings. The Morgan fingerprint density at radius 1 is 0.906 bits per heavy atom. The number of hydrogen-bond acceptors (Lipinski definition) is 6. The Hall–Kier alpha value is -3.62. The number of nitro groups is 1. The van der Waals surface area contributed by atoms with Gasteiger partial charge in [-0.2, -0.15) is 0 Å². The Morgan fingerprint density at radius 2 is 1.56 bits per heavy atom. The van der Waals surface area contributed by atoms with E-state index in [1.54, 1.807) is 13.0 Å². The van der Waals surface area contributed by atoms with Gasteiger partial charge in [0.1, 0.15) is 0 Å². The molecular weight excluding hydrogens is 410 g/mol. The molecule has 0 atom stereocenters. The molecule has 0 radical (unpaired) electrons. The molecule has 1 N–H and O–H groups in total. The quantitative estimate of drug-likeness (QED) is 0.570. The molecule has 0 aliphatic carbocycles. The Morgan fingerprint density at radius 3 is 2.16 bits per heavy atom. The van der Waals surface area contributed by atoms with Crippen LogP contribution >= 0.6 is 0 Å². The molecule has 0 aromatic heterocycles. The van der Waals surface area contributed by atoms with Crippen molar-refractivity contribution in [1.82, 2.24) is 4.90 Å². The van der Waals surface area contributed by atoms with Gasteiger partial charge in [-0.15, -0.1) is 0 Å². The number of piperazine rings is 1. The van der Waals surface area contributed by atoms with Crippen LogP contribution in [0.5, 0.6) is 0 Å². The molecule has 32 heavy (non-hydrogen) atoms. The van der Waals surface area contributed by atoms with Gasteiger partial charge >= 0.3 is 0 Å². The zero-order valence-corrected chi connectivity index (χ0v) is 18.1. The summed E-state index contributed by atoms with van der Waals surface area (Å²) in [4.78, 5) is 41.4. The summed E-state index contributed by atoms with van der Waals surface area (Å²) in [7, 11) is 0. The first-order chi connectivity index (χ1) is 15.4. The van der Waals surface area contributed by atoms with Gasteiger partial charge in [0.05, 0.1) is 16.2 Å². The van der Waals surface area contributed by atoms with Crippen LogP contribution in [0.3, 0.4) is 0 Å². The van der Waals surface area contributed by atoms with Crippen molar-refractivity contribution < 1.29 is 14.5 Å². The third kappa shape index (κ3) is 4.66. The molecule has 2 aliphatic rings. The van der Waals surface area contributed by atoms with Crippen molar-refractivity contribution in [2.75, 3.05) is 54.4 Å². The molecule has 0 bridgehead atoms. The molecule has 2 aliphatic heterocycles. The Kier molecular flexibility index (Phi) is 6.25. The van der Waals surface area contributed by atoms with Crippen molar-refractivity contribution in [3.05, 3.63) is 58.1 Å². The summed E-state index contributed by atoms with van der Waals surface area (Å²) < 4.78 is 0. The van der Waals surface area contributed by atoms with E-state index in [2.05, 4.69) is 15.1 Å². The molecule has 2 saturated heterocycles. The minimum absolute atomic E-state index is 0.0946. The monoisotopic (exact) mass is 437 g/mol. The number of anilines is 3. The number of rotatable bonds is 5. The van der Waals surface area contributed by atoms with E-state index in [1.165, 1.54) is 12.1 Å². The van der Waals surface area contributed by atoms with E-state index < -0.39 is 4.92 Å². The molecule has 2 amide bonds. The van der Waals surface area contributed by atoms with E-state index in [4.69, 9.17) is 0 Å². The van der Waals surface area contributed by atoms with Gasteiger partial charge in [-0.1, -0.05) is 0 Å². The first-order valence-corrected chi connectivity index (χ1v) is 10.9. The summed E-state index contributed by atoms with van der Waals surface area (Å²) in [5, 5.41) is 14.1. The average molecular weight is 438 g/mol. The standard InChI is InChI=1S/C23H27N5O4/c1-17(29)25-12-14-26(15-13-25)19-6-4-18(5-7-19)24-23(30)21-16-20(28(31)32)8-9-22(21)27-10-2-3-11-27/h4-9,16H,2-3,10-15H2,1H3,(H,24,30). The first kappa shape index (κ1) is 21.6. The lowest BCUT2D eigenvalue weighted by atomic mass is 10.1. The van der Waals surface area contributed by atoms with Crippen LogP contribution in [0.25, 0.3) is 0 Å². The molecule has 9 heteroatoms. The molecular formula is C23H27N5O4. The highest BCUT2D eigenvalue weighted by atomic mass is 16.6. The highest BCUT2D eigenvalue weighted by Gasteiger charge is 2.23. The van der Waals surface area contributed by atoms with Crippen LogP contribution in [0.2, 0.25) is 0 Å². The number of non-ortho nitro benzene ring substituents is 1. The molecule has 4 rings (SSSR count). The van der Waals surface area contributed by atoms with Crippen molar-refractivity contribution in [3.63, 3.8) is 0 Å².